The summed E-state index contributed by atoms with van der Waals surface area (Å²) in [5.74, 6) is 1.02. The third-order valence-corrected chi connectivity index (χ3v) is 5.67. The zero-order chi connectivity index (χ0) is 18.6. The van der Waals surface area contributed by atoms with E-state index in [1.54, 1.807) is 0 Å². The summed E-state index contributed by atoms with van der Waals surface area (Å²) >= 11 is 0. The molecule has 27 heavy (non-hydrogen) atoms. The van der Waals surface area contributed by atoms with Gasteiger partial charge in [0, 0.05) is 19.1 Å². The van der Waals surface area contributed by atoms with E-state index in [1.165, 1.54) is 30.4 Å². The van der Waals surface area contributed by atoms with E-state index in [0.29, 0.717) is 6.42 Å². The van der Waals surface area contributed by atoms with Crippen LogP contribution in [0.5, 0.6) is 0 Å². The average Bonchev–Trinajstić information content (AvgIpc) is 2.68. The number of carbonyl (C=O) groups excluding carboxylic acids is 1. The molecule has 1 unspecified atom stereocenters. The average molecular weight is 364 g/mol. The first-order valence-electron chi connectivity index (χ1n) is 10.1. The van der Waals surface area contributed by atoms with Crippen LogP contribution in [0, 0.1) is 6.92 Å². The molecule has 1 amide bonds. The zero-order valence-corrected chi connectivity index (χ0v) is 16.1. The molecule has 2 aromatic rings. The fraction of sp³-hybridized carbons (Fsp3) is 0.500. The number of nitrogens with zero attached hydrogens (tertiary/aromatic N) is 3. The normalized spacial score (nSPS) is 19.4. The molecular weight excluding hydrogens is 336 g/mol. The van der Waals surface area contributed by atoms with Gasteiger partial charge in [0.25, 0.3) is 0 Å². The molecular formula is C22H28N4O. The summed E-state index contributed by atoms with van der Waals surface area (Å²) in [5, 5.41) is 11.7. The van der Waals surface area contributed by atoms with Crippen LogP contribution >= 0.6 is 0 Å². The van der Waals surface area contributed by atoms with E-state index >= 15 is 0 Å². The Morgan fingerprint density at radius 2 is 1.96 bits per heavy atom. The molecule has 0 spiro atoms. The van der Waals surface area contributed by atoms with Crippen LogP contribution in [0.15, 0.2) is 30.3 Å². The van der Waals surface area contributed by atoms with Gasteiger partial charge in [0.15, 0.2) is 5.82 Å². The molecule has 5 nitrogen and oxygen atoms in total. The SMILES string of the molecule is Cc1ccc(N2CCCC(NC(=O)Cc3ccc4c(c3)CCCC4)C2)nn1. The van der Waals surface area contributed by atoms with E-state index in [4.69, 9.17) is 0 Å². The molecule has 5 heteroatoms. The summed E-state index contributed by atoms with van der Waals surface area (Å²) < 4.78 is 0. The third-order valence-electron chi connectivity index (χ3n) is 5.67. The van der Waals surface area contributed by atoms with E-state index in [0.717, 1.165) is 49.4 Å². The molecule has 2 aliphatic rings. The number of benzene rings is 1. The number of fused-ring (bicyclic) bond motifs is 1. The molecule has 2 heterocycles. The van der Waals surface area contributed by atoms with Crippen molar-refractivity contribution in [1.29, 1.82) is 0 Å². The second-order valence-electron chi connectivity index (χ2n) is 7.87. The molecule has 1 saturated heterocycles. The van der Waals surface area contributed by atoms with Crippen molar-refractivity contribution >= 4 is 11.7 Å². The number of nitrogens with one attached hydrogen (secondary N) is 1. The zero-order valence-electron chi connectivity index (χ0n) is 16.1. The molecule has 1 aromatic heterocycles. The van der Waals surface area contributed by atoms with Crippen molar-refractivity contribution < 1.29 is 4.79 Å². The van der Waals surface area contributed by atoms with Gasteiger partial charge >= 0.3 is 0 Å². The molecule has 1 aliphatic heterocycles. The molecule has 1 aliphatic carbocycles. The minimum atomic E-state index is 0.118. The lowest BCUT2D eigenvalue weighted by Gasteiger charge is -2.33. The van der Waals surface area contributed by atoms with Crippen molar-refractivity contribution in [3.63, 3.8) is 0 Å². The summed E-state index contributed by atoms with van der Waals surface area (Å²) in [5.41, 5.74) is 4.96. The third kappa shape index (κ3) is 4.46. The lowest BCUT2D eigenvalue weighted by molar-refractivity contribution is -0.121. The fourth-order valence-electron chi connectivity index (χ4n) is 4.22. The van der Waals surface area contributed by atoms with Crippen molar-refractivity contribution in [2.75, 3.05) is 18.0 Å². The van der Waals surface area contributed by atoms with Gasteiger partial charge in [-0.2, -0.15) is 5.10 Å². The Bertz CT molecular complexity index is 802. The van der Waals surface area contributed by atoms with E-state index in [2.05, 4.69) is 38.6 Å². The summed E-state index contributed by atoms with van der Waals surface area (Å²) in [4.78, 5) is 14.8. The minimum absolute atomic E-state index is 0.118. The van der Waals surface area contributed by atoms with Crippen LogP contribution in [-0.2, 0) is 24.1 Å². The Morgan fingerprint density at radius 1 is 1.11 bits per heavy atom. The first-order chi connectivity index (χ1) is 13.2. The van der Waals surface area contributed by atoms with Gasteiger partial charge in [-0.05, 0) is 74.3 Å². The molecule has 0 bridgehead atoms. The van der Waals surface area contributed by atoms with Crippen molar-refractivity contribution in [1.82, 2.24) is 15.5 Å². The number of anilines is 1. The minimum Gasteiger partial charge on any atom is -0.353 e. The van der Waals surface area contributed by atoms with E-state index < -0.39 is 0 Å². The van der Waals surface area contributed by atoms with Crippen molar-refractivity contribution in [3.8, 4) is 0 Å². The van der Waals surface area contributed by atoms with Gasteiger partial charge in [-0.15, -0.1) is 5.10 Å². The number of carbonyl (C=O) groups is 1. The van der Waals surface area contributed by atoms with Crippen LogP contribution in [-0.4, -0.2) is 35.2 Å². The van der Waals surface area contributed by atoms with Gasteiger partial charge in [-0.3, -0.25) is 4.79 Å². The molecule has 142 valence electrons. The highest BCUT2D eigenvalue weighted by molar-refractivity contribution is 5.79. The van der Waals surface area contributed by atoms with E-state index in [-0.39, 0.29) is 11.9 Å². The molecule has 0 radical (unpaired) electrons. The Morgan fingerprint density at radius 3 is 2.78 bits per heavy atom. The van der Waals surface area contributed by atoms with Crippen LogP contribution in [0.3, 0.4) is 0 Å². The summed E-state index contributed by atoms with van der Waals surface area (Å²) in [7, 11) is 0. The fourth-order valence-corrected chi connectivity index (χ4v) is 4.22. The maximum Gasteiger partial charge on any atom is 0.224 e. The van der Waals surface area contributed by atoms with Crippen LogP contribution in [0.25, 0.3) is 0 Å². The van der Waals surface area contributed by atoms with Gasteiger partial charge in [-0.1, -0.05) is 18.2 Å². The largest absolute Gasteiger partial charge is 0.353 e. The van der Waals surface area contributed by atoms with Gasteiger partial charge in [-0.25, -0.2) is 0 Å². The van der Waals surface area contributed by atoms with Gasteiger partial charge < -0.3 is 10.2 Å². The smallest absolute Gasteiger partial charge is 0.224 e. The maximum absolute atomic E-state index is 12.6. The van der Waals surface area contributed by atoms with Crippen LogP contribution in [0.1, 0.15) is 48.1 Å². The van der Waals surface area contributed by atoms with E-state index in [9.17, 15) is 4.79 Å². The molecule has 1 fully saturated rings. The topological polar surface area (TPSA) is 58.1 Å². The van der Waals surface area contributed by atoms with Crippen LogP contribution < -0.4 is 10.2 Å². The number of aromatic nitrogens is 2. The molecule has 1 N–H and O–H groups in total. The Hall–Kier alpha value is -2.43. The Labute approximate surface area is 161 Å². The van der Waals surface area contributed by atoms with Crippen LogP contribution in [0.4, 0.5) is 5.82 Å². The second kappa shape index (κ2) is 8.07. The first-order valence-corrected chi connectivity index (χ1v) is 10.1. The van der Waals surface area contributed by atoms with Crippen LogP contribution in [0.2, 0.25) is 0 Å². The lowest BCUT2D eigenvalue weighted by atomic mass is 9.90. The number of hydrogen-bond acceptors (Lipinski definition) is 4. The second-order valence-corrected chi connectivity index (χ2v) is 7.87. The van der Waals surface area contributed by atoms with E-state index in [1.807, 2.05) is 19.1 Å². The molecule has 4 rings (SSSR count). The van der Waals surface area contributed by atoms with Crippen molar-refractivity contribution in [2.24, 2.45) is 0 Å². The van der Waals surface area contributed by atoms with Gasteiger partial charge in [0.1, 0.15) is 0 Å². The number of amides is 1. The highest BCUT2D eigenvalue weighted by atomic mass is 16.1. The number of hydrogen-bond donors (Lipinski definition) is 1. The summed E-state index contributed by atoms with van der Waals surface area (Å²) in [6.07, 6.45) is 7.43. The Balaban J connectivity index is 1.34. The highest BCUT2D eigenvalue weighted by Crippen LogP contribution is 2.22. The number of rotatable bonds is 4. The van der Waals surface area contributed by atoms with Gasteiger partial charge in [0.2, 0.25) is 5.91 Å². The first kappa shape index (κ1) is 18.0. The monoisotopic (exact) mass is 364 g/mol. The molecule has 1 aromatic carbocycles. The quantitative estimate of drug-likeness (QED) is 0.906. The molecule has 0 saturated carbocycles. The predicted molar refractivity (Wildman–Crippen MR) is 107 cm³/mol. The highest BCUT2D eigenvalue weighted by Gasteiger charge is 2.22. The number of aryl methyl sites for hydroxylation is 3. The standard InChI is InChI=1S/C22H28N4O/c1-16-8-11-21(25-24-16)26-12-4-7-20(15-26)23-22(27)14-17-9-10-18-5-2-3-6-19(18)13-17/h8-11,13,20H,2-7,12,14-15H2,1H3,(H,23,27). The van der Waals surface area contributed by atoms with Gasteiger partial charge in [0.05, 0.1) is 12.1 Å². The number of piperidine rings is 1. The maximum atomic E-state index is 12.6. The van der Waals surface area contributed by atoms with Crippen molar-refractivity contribution in [3.05, 3.63) is 52.7 Å². The van der Waals surface area contributed by atoms with Crippen molar-refractivity contribution in [2.45, 2.75) is 57.9 Å². The lowest BCUT2D eigenvalue weighted by Crippen LogP contribution is -2.48. The summed E-state index contributed by atoms with van der Waals surface area (Å²) in [6.45, 7) is 3.71. The molecule has 1 atom stereocenters. The Kier molecular flexibility index (Phi) is 5.37. The predicted octanol–water partition coefficient (Wildman–Crippen LogP) is 2.99. The summed E-state index contributed by atoms with van der Waals surface area (Å²) in [6, 6.07) is 10.8.